The third kappa shape index (κ3) is 39.4. The molecule has 0 aliphatic heterocycles. The summed E-state index contributed by atoms with van der Waals surface area (Å²) >= 11 is 0. The molecule has 0 aromatic carbocycles. The second-order valence-electron chi connectivity index (χ2n) is 2.22. The number of unbranched alkanes of at least 4 members (excludes halogenated alkanes) is 2. The Bertz CT molecular complexity index is 198. The van der Waals surface area contributed by atoms with E-state index in [1.54, 1.807) is 0 Å². The Morgan fingerprint density at radius 1 is 1.21 bits per heavy atom. The van der Waals surface area contributed by atoms with Crippen LogP contribution in [0.5, 0.6) is 0 Å². The van der Waals surface area contributed by atoms with Gasteiger partial charge in [-0.15, -0.1) is 0 Å². The molecule has 0 rings (SSSR count). The van der Waals surface area contributed by atoms with E-state index in [1.165, 1.54) is 0 Å². The molecule has 9 heteroatoms. The maximum absolute atomic E-state index is 9.95. The van der Waals surface area contributed by atoms with Crippen LogP contribution in [-0.4, -0.2) is 26.3 Å². The van der Waals surface area contributed by atoms with Gasteiger partial charge in [0.2, 0.25) is 0 Å². The molecular formula is C5H11BF3LiO3S. The Labute approximate surface area is 94.6 Å². The van der Waals surface area contributed by atoms with E-state index in [4.69, 9.17) is 0 Å². The predicted molar refractivity (Wildman–Crippen MR) is 43.2 cm³/mol. The van der Waals surface area contributed by atoms with Crippen molar-refractivity contribution in [1.29, 1.82) is 0 Å². The molecule has 0 atom stereocenters. The summed E-state index contributed by atoms with van der Waals surface area (Å²) in [5.41, 5.74) is 0. The fraction of sp³-hybridized carbons (Fsp3) is 1.00. The van der Waals surface area contributed by atoms with Crippen molar-refractivity contribution in [2.75, 3.05) is 5.75 Å². The van der Waals surface area contributed by atoms with Crippen LogP contribution in [0.15, 0.2) is 0 Å². The summed E-state index contributed by atoms with van der Waals surface area (Å²) in [6.45, 7) is 1.96. The molecule has 0 saturated carbocycles. The number of rotatable bonds is 4. The van der Waals surface area contributed by atoms with Gasteiger partial charge in [-0.1, -0.05) is 19.8 Å². The second-order valence-corrected chi connectivity index (χ2v) is 3.74. The van der Waals surface area contributed by atoms with Crippen LogP contribution in [-0.2, 0) is 10.1 Å². The van der Waals surface area contributed by atoms with Crippen molar-refractivity contribution < 1.29 is 44.8 Å². The van der Waals surface area contributed by atoms with Crippen molar-refractivity contribution in [3.8, 4) is 0 Å². The van der Waals surface area contributed by atoms with Crippen LogP contribution in [0.25, 0.3) is 0 Å². The van der Waals surface area contributed by atoms with E-state index in [0.29, 0.717) is 6.42 Å². The Morgan fingerprint density at radius 2 is 1.57 bits per heavy atom. The molecular weight excluding hydrogens is 215 g/mol. The fourth-order valence-corrected chi connectivity index (χ4v) is 1.09. The van der Waals surface area contributed by atoms with Gasteiger partial charge in [0.15, 0.2) is 0 Å². The van der Waals surface area contributed by atoms with Gasteiger partial charge in [0.1, 0.15) is 0 Å². The van der Waals surface area contributed by atoms with Crippen molar-refractivity contribution in [1.82, 2.24) is 0 Å². The minimum Gasteiger partial charge on any atom is -0.748 e. The number of halogens is 3. The van der Waals surface area contributed by atoms with E-state index in [1.807, 2.05) is 6.92 Å². The summed E-state index contributed by atoms with van der Waals surface area (Å²) in [6.07, 6.45) is 2.26. The minimum atomic E-state index is -3.95. The van der Waals surface area contributed by atoms with Crippen LogP contribution in [0.4, 0.5) is 12.9 Å². The molecule has 0 aliphatic rings. The van der Waals surface area contributed by atoms with Gasteiger partial charge in [0, 0.05) is 5.75 Å². The molecule has 0 spiro atoms. The van der Waals surface area contributed by atoms with Gasteiger partial charge < -0.3 is 4.55 Å². The van der Waals surface area contributed by atoms with Crippen LogP contribution in [0.3, 0.4) is 0 Å². The normalized spacial score (nSPS) is 9.50. The van der Waals surface area contributed by atoms with Crippen LogP contribution in [0.2, 0.25) is 0 Å². The van der Waals surface area contributed by atoms with Crippen molar-refractivity contribution >= 4 is 17.7 Å². The zero-order valence-corrected chi connectivity index (χ0v) is 8.99. The maximum atomic E-state index is 9.95. The first-order valence-corrected chi connectivity index (χ1v) is 5.23. The van der Waals surface area contributed by atoms with E-state index in [9.17, 15) is 25.9 Å². The molecule has 0 aromatic heterocycles. The smallest absolute Gasteiger partial charge is 0.748 e. The van der Waals surface area contributed by atoms with Crippen LogP contribution in [0.1, 0.15) is 26.2 Å². The monoisotopic (exact) mass is 226 g/mol. The van der Waals surface area contributed by atoms with Crippen molar-refractivity contribution in [2.45, 2.75) is 26.2 Å². The quantitative estimate of drug-likeness (QED) is 0.336. The van der Waals surface area contributed by atoms with E-state index >= 15 is 0 Å². The molecule has 0 unspecified atom stereocenters. The molecule has 0 saturated heterocycles. The summed E-state index contributed by atoms with van der Waals surface area (Å²) in [7, 11) is -7.61. The van der Waals surface area contributed by atoms with Gasteiger partial charge in [-0.05, 0) is 6.42 Å². The first-order chi connectivity index (χ1) is 5.79. The van der Waals surface area contributed by atoms with E-state index in [-0.39, 0.29) is 24.6 Å². The predicted octanol–water partition coefficient (Wildman–Crippen LogP) is -1.39. The van der Waals surface area contributed by atoms with Crippen molar-refractivity contribution in [2.24, 2.45) is 0 Å². The fourth-order valence-electron chi connectivity index (χ4n) is 0.529. The van der Waals surface area contributed by atoms with Crippen LogP contribution < -0.4 is 18.9 Å². The van der Waals surface area contributed by atoms with E-state index < -0.39 is 17.7 Å². The number of hydrogen-bond donors (Lipinski definition) is 0. The summed E-state index contributed by atoms with van der Waals surface area (Å²) in [6, 6.07) is 0. The zero-order chi connectivity index (χ0) is 10.9. The molecule has 80 valence electrons. The summed E-state index contributed by atoms with van der Waals surface area (Å²) in [5.74, 6) is -0.208. The summed E-state index contributed by atoms with van der Waals surface area (Å²) in [5, 5.41) is 0. The van der Waals surface area contributed by atoms with Crippen molar-refractivity contribution in [3.63, 3.8) is 0 Å². The molecule has 0 bridgehead atoms. The molecule has 0 heterocycles. The Balaban J connectivity index is -0.000000209. The summed E-state index contributed by atoms with van der Waals surface area (Å²) in [4.78, 5) is 0. The zero-order valence-electron chi connectivity index (χ0n) is 8.17. The van der Waals surface area contributed by atoms with E-state index in [0.717, 1.165) is 12.8 Å². The molecule has 0 fully saturated rings. The Morgan fingerprint density at radius 3 is 1.79 bits per heavy atom. The van der Waals surface area contributed by atoms with E-state index in [2.05, 4.69) is 0 Å². The molecule has 0 aliphatic carbocycles. The first kappa shape index (κ1) is 19.9. The van der Waals surface area contributed by atoms with Gasteiger partial charge in [-0.25, -0.2) is 8.42 Å². The SMILES string of the molecule is CCCCCS(=O)(=O)[O-].FB(F)F.[Li+]. The standard InChI is InChI=1S/C5H12O3S.BF3.Li/c1-2-3-4-5-9(6,7)8;2-1(3)4;/h2-5H2,1H3,(H,6,7,8);;/q;;+1/p-1. The van der Waals surface area contributed by atoms with Crippen LogP contribution >= 0.6 is 0 Å². The Hall–Kier alpha value is 0.362. The van der Waals surface area contributed by atoms with Gasteiger partial charge in [0.05, 0.1) is 10.1 Å². The third-order valence-corrected chi connectivity index (χ3v) is 1.79. The second kappa shape index (κ2) is 11.4. The Kier molecular flexibility index (Phi) is 16.2. The molecule has 0 radical (unpaired) electrons. The largest absolute Gasteiger partial charge is 1.00 e. The topological polar surface area (TPSA) is 57.2 Å². The third-order valence-electron chi connectivity index (χ3n) is 0.998. The minimum absolute atomic E-state index is 0. The van der Waals surface area contributed by atoms with Gasteiger partial charge in [-0.3, -0.25) is 12.9 Å². The first-order valence-electron chi connectivity index (χ1n) is 3.65. The molecule has 0 N–H and O–H groups in total. The molecule has 3 nitrogen and oxygen atoms in total. The van der Waals surface area contributed by atoms with Gasteiger partial charge >= 0.3 is 26.4 Å². The molecule has 0 amide bonds. The van der Waals surface area contributed by atoms with Gasteiger partial charge in [-0.2, -0.15) is 0 Å². The molecule has 14 heavy (non-hydrogen) atoms. The summed E-state index contributed by atoms with van der Waals surface area (Å²) < 4.78 is 58.9. The van der Waals surface area contributed by atoms with Crippen molar-refractivity contribution in [3.05, 3.63) is 0 Å². The molecule has 0 aromatic rings. The maximum Gasteiger partial charge on any atom is 1.00 e. The average molecular weight is 226 g/mol. The number of hydrogen-bond acceptors (Lipinski definition) is 3. The average Bonchev–Trinajstić information content (AvgIpc) is 1.83. The van der Waals surface area contributed by atoms with Gasteiger partial charge in [0.25, 0.3) is 0 Å². The van der Waals surface area contributed by atoms with Crippen LogP contribution in [0, 0.1) is 0 Å².